The molecule has 2 aliphatic heterocycles. The number of aryl methyl sites for hydroxylation is 1. The predicted octanol–water partition coefficient (Wildman–Crippen LogP) is 5.67. The fraction of sp³-hybridized carbons (Fsp3) is 0.300. The number of carbonyl (C=O) groups excluding carboxylic acids is 1. The van der Waals surface area contributed by atoms with E-state index in [1.807, 2.05) is 54.4 Å². The zero-order chi connectivity index (χ0) is 28.7. The van der Waals surface area contributed by atoms with Gasteiger partial charge in [-0.1, -0.05) is 12.1 Å². The molecule has 0 aliphatic carbocycles. The minimum Gasteiger partial charge on any atom is -0.497 e. The third kappa shape index (κ3) is 4.92. The van der Waals surface area contributed by atoms with Crippen LogP contribution >= 0.6 is 0 Å². The summed E-state index contributed by atoms with van der Waals surface area (Å²) in [6, 6.07) is 16.0. The van der Waals surface area contributed by atoms with E-state index < -0.39 is 6.43 Å². The summed E-state index contributed by atoms with van der Waals surface area (Å²) in [5.41, 5.74) is 3.79. The second-order valence-corrected chi connectivity index (χ2v) is 10.0. The predicted molar refractivity (Wildman–Crippen MR) is 151 cm³/mol. The summed E-state index contributed by atoms with van der Waals surface area (Å²) in [7, 11) is 3.08. The van der Waals surface area contributed by atoms with Crippen LogP contribution in [0.3, 0.4) is 0 Å². The van der Waals surface area contributed by atoms with Crippen molar-refractivity contribution in [2.75, 3.05) is 43.7 Å². The molecule has 4 aromatic rings. The highest BCUT2D eigenvalue weighted by atomic mass is 19.3. The first-order valence-electron chi connectivity index (χ1n) is 13.4. The Hall–Kier alpha value is -4.67. The Kier molecular flexibility index (Phi) is 6.94. The molecule has 0 bridgehead atoms. The molecule has 0 saturated carbocycles. The number of rotatable bonds is 8. The third-order valence-corrected chi connectivity index (χ3v) is 7.53. The van der Waals surface area contributed by atoms with Gasteiger partial charge in [0.2, 0.25) is 0 Å². The van der Waals surface area contributed by atoms with Crippen molar-refractivity contribution in [1.82, 2.24) is 19.7 Å². The number of hydrogen-bond acceptors (Lipinski definition) is 6. The first kappa shape index (κ1) is 26.5. The zero-order valence-corrected chi connectivity index (χ0v) is 23.1. The minimum atomic E-state index is -2.66. The molecule has 0 spiro atoms. The Labute approximate surface area is 236 Å². The zero-order valence-electron chi connectivity index (χ0n) is 23.1. The summed E-state index contributed by atoms with van der Waals surface area (Å²) in [6.07, 6.45) is -0.228. The summed E-state index contributed by atoms with van der Waals surface area (Å²) >= 11 is 0. The highest BCUT2D eigenvalue weighted by Crippen LogP contribution is 2.41. The van der Waals surface area contributed by atoms with Crippen LogP contribution in [0, 0.1) is 6.92 Å². The number of aromatic nitrogens is 3. The molecular formula is C30H30F2N6O3. The van der Waals surface area contributed by atoms with Crippen molar-refractivity contribution in [3.05, 3.63) is 83.2 Å². The fourth-order valence-electron chi connectivity index (χ4n) is 5.46. The molecule has 6 rings (SSSR count). The van der Waals surface area contributed by atoms with Crippen LogP contribution in [0.1, 0.15) is 28.8 Å². The Bertz CT molecular complexity index is 1590. The van der Waals surface area contributed by atoms with Crippen molar-refractivity contribution in [3.63, 3.8) is 0 Å². The smallest absolute Gasteiger partial charge is 0.326 e. The molecule has 1 saturated heterocycles. The number of nitrogens with zero attached hydrogens (tertiary/aromatic N) is 6. The van der Waals surface area contributed by atoms with Gasteiger partial charge in [-0.2, -0.15) is 0 Å². The van der Waals surface area contributed by atoms with Crippen LogP contribution in [0.25, 0.3) is 5.69 Å². The highest BCUT2D eigenvalue weighted by molar-refractivity contribution is 5.93. The van der Waals surface area contributed by atoms with Gasteiger partial charge in [0.1, 0.15) is 17.3 Å². The molecule has 0 unspecified atom stereocenters. The normalized spacial score (nSPS) is 14.8. The lowest BCUT2D eigenvalue weighted by Gasteiger charge is -2.23. The van der Waals surface area contributed by atoms with E-state index in [-0.39, 0.29) is 11.6 Å². The van der Waals surface area contributed by atoms with Gasteiger partial charge in [-0.25, -0.2) is 23.2 Å². The molecular weight excluding hydrogens is 530 g/mol. The maximum Gasteiger partial charge on any atom is 0.326 e. The molecule has 2 amide bonds. The Morgan fingerprint density at radius 2 is 1.66 bits per heavy atom. The molecule has 0 radical (unpaired) electrons. The van der Waals surface area contributed by atoms with E-state index in [9.17, 15) is 13.6 Å². The summed E-state index contributed by atoms with van der Waals surface area (Å²) < 4.78 is 40.1. The van der Waals surface area contributed by atoms with Gasteiger partial charge in [0.15, 0.2) is 5.82 Å². The van der Waals surface area contributed by atoms with Gasteiger partial charge in [-0.15, -0.1) is 5.10 Å². The standard InChI is InChI=1S/C30H30F2N6O3/c1-19-16-26(23-10-12-36(29(23)33-19)25-9-8-22(41-3)17-24(25)28(31)32)38-13-11-27(34-38)37-15-14-35(30(37)39)18-20-4-6-21(40-2)7-5-20/h4-9,11,13,16-17,28H,10,12,14-15,18H2,1-3H3. The van der Waals surface area contributed by atoms with Crippen LogP contribution in [-0.2, 0) is 13.0 Å². The summed E-state index contributed by atoms with van der Waals surface area (Å²) in [5.74, 6) is 2.34. The molecule has 1 fully saturated rings. The van der Waals surface area contributed by atoms with Crippen LogP contribution in [0.2, 0.25) is 0 Å². The Balaban J connectivity index is 1.25. The van der Waals surface area contributed by atoms with Gasteiger partial charge >= 0.3 is 6.03 Å². The van der Waals surface area contributed by atoms with E-state index in [1.165, 1.54) is 13.2 Å². The third-order valence-electron chi connectivity index (χ3n) is 7.53. The number of carbonyl (C=O) groups is 1. The molecule has 4 heterocycles. The number of methoxy groups -OCH3 is 2. The quantitative estimate of drug-likeness (QED) is 0.277. The van der Waals surface area contributed by atoms with Crippen LogP contribution in [-0.4, -0.2) is 59.5 Å². The van der Waals surface area contributed by atoms with Crippen molar-refractivity contribution in [2.24, 2.45) is 0 Å². The van der Waals surface area contributed by atoms with Crippen LogP contribution in [0.15, 0.2) is 60.8 Å². The second-order valence-electron chi connectivity index (χ2n) is 10.0. The lowest BCUT2D eigenvalue weighted by molar-refractivity contribution is 0.151. The second kappa shape index (κ2) is 10.7. The molecule has 9 nitrogen and oxygen atoms in total. The molecule has 41 heavy (non-hydrogen) atoms. The van der Waals surface area contributed by atoms with Crippen molar-refractivity contribution in [1.29, 1.82) is 0 Å². The minimum absolute atomic E-state index is 0.102. The van der Waals surface area contributed by atoms with Crippen molar-refractivity contribution >= 4 is 23.4 Å². The number of ether oxygens (including phenoxy) is 2. The topological polar surface area (TPSA) is 76.0 Å². The monoisotopic (exact) mass is 560 g/mol. The van der Waals surface area contributed by atoms with Gasteiger partial charge in [0, 0.05) is 55.3 Å². The number of halogens is 2. The molecule has 212 valence electrons. The molecule has 2 aromatic heterocycles. The Morgan fingerprint density at radius 1 is 0.902 bits per heavy atom. The summed E-state index contributed by atoms with van der Waals surface area (Å²) in [6.45, 7) is 3.99. The Morgan fingerprint density at radius 3 is 2.39 bits per heavy atom. The number of amides is 2. The number of urea groups is 1. The van der Waals surface area contributed by atoms with E-state index in [0.717, 1.165) is 28.3 Å². The van der Waals surface area contributed by atoms with Gasteiger partial charge < -0.3 is 19.3 Å². The van der Waals surface area contributed by atoms with E-state index in [4.69, 9.17) is 19.6 Å². The van der Waals surface area contributed by atoms with Gasteiger partial charge in [0.05, 0.1) is 25.6 Å². The first-order valence-corrected chi connectivity index (χ1v) is 13.4. The molecule has 2 aliphatic rings. The molecule has 0 N–H and O–H groups in total. The average Bonchev–Trinajstić information content (AvgIpc) is 3.72. The van der Waals surface area contributed by atoms with E-state index in [1.54, 1.807) is 33.7 Å². The maximum atomic E-state index is 14.0. The first-order chi connectivity index (χ1) is 19.9. The number of pyridine rings is 1. The average molecular weight is 561 g/mol. The number of benzene rings is 2. The molecule has 11 heteroatoms. The number of hydrogen-bond donors (Lipinski definition) is 0. The lowest BCUT2D eigenvalue weighted by atomic mass is 10.1. The highest BCUT2D eigenvalue weighted by Gasteiger charge is 2.32. The van der Waals surface area contributed by atoms with Crippen LogP contribution < -0.4 is 19.3 Å². The van der Waals surface area contributed by atoms with E-state index in [2.05, 4.69) is 0 Å². The van der Waals surface area contributed by atoms with Gasteiger partial charge in [0.25, 0.3) is 6.43 Å². The van der Waals surface area contributed by atoms with Crippen LogP contribution in [0.4, 0.5) is 30.9 Å². The number of alkyl halides is 2. The summed E-state index contributed by atoms with van der Waals surface area (Å²) in [5, 5.41) is 4.76. The fourth-order valence-corrected chi connectivity index (χ4v) is 5.46. The van der Waals surface area contributed by atoms with Crippen molar-refractivity contribution < 1.29 is 23.0 Å². The number of anilines is 3. The van der Waals surface area contributed by atoms with E-state index in [0.29, 0.717) is 55.7 Å². The largest absolute Gasteiger partial charge is 0.497 e. The van der Waals surface area contributed by atoms with Crippen molar-refractivity contribution in [3.8, 4) is 17.2 Å². The van der Waals surface area contributed by atoms with Crippen molar-refractivity contribution in [2.45, 2.75) is 26.3 Å². The van der Waals surface area contributed by atoms with Gasteiger partial charge in [-0.05, 0) is 55.3 Å². The summed E-state index contributed by atoms with van der Waals surface area (Å²) in [4.78, 5) is 23.3. The molecule has 0 atom stereocenters. The SMILES string of the molecule is COc1ccc(CN2CCN(c3ccn(-c4cc(C)nc5c4CCN5c4ccc(OC)cc4C(F)F)n3)C2=O)cc1. The maximum absolute atomic E-state index is 14.0. The van der Waals surface area contributed by atoms with E-state index >= 15 is 0 Å². The van der Waals surface area contributed by atoms with Crippen LogP contribution in [0.5, 0.6) is 11.5 Å². The molecule has 2 aromatic carbocycles. The number of fused-ring (bicyclic) bond motifs is 1. The lowest BCUT2D eigenvalue weighted by Crippen LogP contribution is -2.31. The van der Waals surface area contributed by atoms with Gasteiger partial charge in [-0.3, -0.25) is 4.90 Å².